The molecule has 0 unspecified atom stereocenters. The summed E-state index contributed by atoms with van der Waals surface area (Å²) >= 11 is 7.64. The van der Waals surface area contributed by atoms with E-state index in [0.717, 1.165) is 33.0 Å². The van der Waals surface area contributed by atoms with Gasteiger partial charge in [0.05, 0.1) is 6.61 Å². The smallest absolute Gasteiger partial charge is 0.257 e. The number of anilines is 1. The van der Waals surface area contributed by atoms with Gasteiger partial charge in [0.2, 0.25) is 0 Å². The van der Waals surface area contributed by atoms with Crippen molar-refractivity contribution in [2.75, 3.05) is 12.4 Å². The molecule has 1 aromatic heterocycles. The lowest BCUT2D eigenvalue weighted by atomic mass is 10.1. The zero-order valence-electron chi connectivity index (χ0n) is 14.6. The molecule has 0 spiro atoms. The fraction of sp³-hybridized carbons (Fsp3) is 0.200. The first-order valence-electron chi connectivity index (χ1n) is 8.14. The van der Waals surface area contributed by atoms with E-state index in [4.69, 9.17) is 16.3 Å². The Kier molecular flexibility index (Phi) is 6.04. The number of thiazole rings is 1. The molecular formula is C20H19ClN2O2S. The minimum absolute atomic E-state index is 0.173. The average molecular weight is 387 g/mol. The van der Waals surface area contributed by atoms with Crippen LogP contribution >= 0.6 is 22.9 Å². The Hall–Kier alpha value is -2.21. The summed E-state index contributed by atoms with van der Waals surface area (Å²) in [5.41, 5.74) is 3.80. The van der Waals surface area contributed by atoms with Crippen molar-refractivity contribution in [1.82, 2.24) is 4.98 Å². The number of hydrogen-bond donors (Lipinski definition) is 1. The number of carbonyl (C=O) groups is 1. The van der Waals surface area contributed by atoms with E-state index in [2.05, 4.69) is 16.4 Å². The van der Waals surface area contributed by atoms with Gasteiger partial charge < -0.3 is 4.74 Å². The average Bonchev–Trinajstić information content (AvgIpc) is 3.06. The highest BCUT2D eigenvalue weighted by molar-refractivity contribution is 7.15. The molecule has 6 heteroatoms. The van der Waals surface area contributed by atoms with Crippen LogP contribution in [-0.4, -0.2) is 18.0 Å². The monoisotopic (exact) mass is 386 g/mol. The number of nitrogens with zero attached hydrogens (tertiary/aromatic N) is 1. The second-order valence-electron chi connectivity index (χ2n) is 5.98. The van der Waals surface area contributed by atoms with Crippen LogP contribution in [0, 0.1) is 6.92 Å². The third-order valence-electron chi connectivity index (χ3n) is 3.92. The zero-order valence-corrected chi connectivity index (χ0v) is 16.2. The van der Waals surface area contributed by atoms with E-state index in [1.807, 2.05) is 31.2 Å². The van der Waals surface area contributed by atoms with E-state index in [-0.39, 0.29) is 5.91 Å². The number of benzene rings is 2. The number of aryl methyl sites for hydroxylation is 1. The highest BCUT2D eigenvalue weighted by Gasteiger charge is 2.10. The summed E-state index contributed by atoms with van der Waals surface area (Å²) in [6.07, 6.45) is 2.52. The van der Waals surface area contributed by atoms with Crippen LogP contribution in [0.25, 0.3) is 0 Å². The Labute approximate surface area is 161 Å². The molecule has 0 saturated carbocycles. The van der Waals surface area contributed by atoms with Crippen molar-refractivity contribution in [2.45, 2.75) is 20.0 Å². The number of methoxy groups -OCH3 is 1. The summed E-state index contributed by atoms with van der Waals surface area (Å²) in [5.74, 6) is -0.173. The maximum absolute atomic E-state index is 12.3. The van der Waals surface area contributed by atoms with Gasteiger partial charge in [0.1, 0.15) is 0 Å². The lowest BCUT2D eigenvalue weighted by molar-refractivity contribution is 0.102. The van der Waals surface area contributed by atoms with Crippen molar-refractivity contribution in [2.24, 2.45) is 0 Å². The Morgan fingerprint density at radius 1 is 1.19 bits per heavy atom. The predicted molar refractivity (Wildman–Crippen MR) is 106 cm³/mol. The second-order valence-corrected chi connectivity index (χ2v) is 7.50. The van der Waals surface area contributed by atoms with E-state index in [1.165, 1.54) is 11.3 Å². The van der Waals surface area contributed by atoms with Gasteiger partial charge in [0.25, 0.3) is 5.91 Å². The van der Waals surface area contributed by atoms with Crippen LogP contribution in [0.3, 0.4) is 0 Å². The maximum atomic E-state index is 12.3. The highest BCUT2D eigenvalue weighted by atomic mass is 35.5. The van der Waals surface area contributed by atoms with Crippen molar-refractivity contribution in [1.29, 1.82) is 0 Å². The summed E-state index contributed by atoms with van der Waals surface area (Å²) in [7, 11) is 1.64. The van der Waals surface area contributed by atoms with E-state index in [9.17, 15) is 4.79 Å². The number of hydrogen-bond acceptors (Lipinski definition) is 4. The standard InChI is InChI=1S/C20H19ClN2O2S/c1-13-3-4-15(10-18(13)21)9-17-11-22-20(26-17)23-19(24)16-7-5-14(6-8-16)12-25-2/h3-8,10-11H,9,12H2,1-2H3,(H,22,23,24). The molecule has 1 heterocycles. The summed E-state index contributed by atoms with van der Waals surface area (Å²) in [6, 6.07) is 13.4. The lowest BCUT2D eigenvalue weighted by Crippen LogP contribution is -2.11. The lowest BCUT2D eigenvalue weighted by Gasteiger charge is -2.04. The molecule has 0 bridgehead atoms. The molecule has 0 aliphatic rings. The number of carbonyl (C=O) groups excluding carboxylic acids is 1. The molecule has 134 valence electrons. The van der Waals surface area contributed by atoms with Crippen molar-refractivity contribution in [3.63, 3.8) is 0 Å². The number of ether oxygens (including phenoxy) is 1. The van der Waals surface area contributed by atoms with Crippen LogP contribution in [0.15, 0.2) is 48.7 Å². The van der Waals surface area contributed by atoms with Crippen LogP contribution in [0.4, 0.5) is 5.13 Å². The second kappa shape index (κ2) is 8.45. The first kappa shape index (κ1) is 18.6. The van der Waals surface area contributed by atoms with Crippen molar-refractivity contribution >= 4 is 34.0 Å². The van der Waals surface area contributed by atoms with Crippen LogP contribution in [-0.2, 0) is 17.8 Å². The molecule has 0 fully saturated rings. The molecule has 3 aromatic rings. The zero-order chi connectivity index (χ0) is 18.5. The predicted octanol–water partition coefficient (Wildman–Crippen LogP) is 5.09. The van der Waals surface area contributed by atoms with Gasteiger partial charge in [-0.25, -0.2) is 4.98 Å². The van der Waals surface area contributed by atoms with E-state index >= 15 is 0 Å². The largest absolute Gasteiger partial charge is 0.380 e. The van der Waals surface area contributed by atoms with Gasteiger partial charge >= 0.3 is 0 Å². The summed E-state index contributed by atoms with van der Waals surface area (Å²) in [5, 5.41) is 4.20. The fourth-order valence-electron chi connectivity index (χ4n) is 2.48. The van der Waals surface area contributed by atoms with Gasteiger partial charge in [-0.15, -0.1) is 11.3 Å². The molecule has 0 atom stereocenters. The van der Waals surface area contributed by atoms with Gasteiger partial charge in [-0.05, 0) is 41.8 Å². The van der Waals surface area contributed by atoms with Crippen LogP contribution < -0.4 is 5.32 Å². The molecule has 0 radical (unpaired) electrons. The molecule has 3 rings (SSSR count). The third-order valence-corrected chi connectivity index (χ3v) is 5.24. The molecule has 1 amide bonds. The topological polar surface area (TPSA) is 51.2 Å². The maximum Gasteiger partial charge on any atom is 0.257 e. The van der Waals surface area contributed by atoms with Crippen molar-refractivity contribution < 1.29 is 9.53 Å². The molecule has 4 nitrogen and oxygen atoms in total. The van der Waals surface area contributed by atoms with Crippen molar-refractivity contribution in [3.05, 3.63) is 80.8 Å². The van der Waals surface area contributed by atoms with Gasteiger partial charge in [0, 0.05) is 35.2 Å². The first-order chi connectivity index (χ1) is 12.5. The Bertz CT molecular complexity index is 906. The van der Waals surface area contributed by atoms with Gasteiger partial charge in [-0.2, -0.15) is 0 Å². The number of nitrogens with one attached hydrogen (secondary N) is 1. The Morgan fingerprint density at radius 3 is 2.62 bits per heavy atom. The van der Waals surface area contributed by atoms with Gasteiger partial charge in [-0.3, -0.25) is 10.1 Å². The van der Waals surface area contributed by atoms with Gasteiger partial charge in [0.15, 0.2) is 5.13 Å². The summed E-state index contributed by atoms with van der Waals surface area (Å²) in [4.78, 5) is 17.7. The minimum atomic E-state index is -0.173. The molecular weight excluding hydrogens is 368 g/mol. The van der Waals surface area contributed by atoms with E-state index < -0.39 is 0 Å². The Morgan fingerprint density at radius 2 is 1.92 bits per heavy atom. The van der Waals surface area contributed by atoms with Crippen LogP contribution in [0.2, 0.25) is 5.02 Å². The van der Waals surface area contributed by atoms with Gasteiger partial charge in [-0.1, -0.05) is 35.9 Å². The van der Waals surface area contributed by atoms with Crippen molar-refractivity contribution in [3.8, 4) is 0 Å². The first-order valence-corrected chi connectivity index (χ1v) is 9.33. The number of amides is 1. The molecule has 0 aliphatic carbocycles. The molecule has 26 heavy (non-hydrogen) atoms. The highest BCUT2D eigenvalue weighted by Crippen LogP contribution is 2.24. The van der Waals surface area contributed by atoms with E-state index in [0.29, 0.717) is 17.3 Å². The summed E-state index contributed by atoms with van der Waals surface area (Å²) in [6.45, 7) is 2.51. The molecule has 1 N–H and O–H groups in total. The normalized spacial score (nSPS) is 10.7. The van der Waals surface area contributed by atoms with E-state index in [1.54, 1.807) is 25.4 Å². The number of rotatable bonds is 6. The Balaban J connectivity index is 1.64. The number of halogens is 1. The van der Waals surface area contributed by atoms with Crippen LogP contribution in [0.1, 0.15) is 31.9 Å². The fourth-order valence-corrected chi connectivity index (χ4v) is 3.53. The quantitative estimate of drug-likeness (QED) is 0.641. The van der Waals surface area contributed by atoms with Crippen LogP contribution in [0.5, 0.6) is 0 Å². The minimum Gasteiger partial charge on any atom is -0.380 e. The number of aromatic nitrogens is 1. The molecule has 0 aliphatic heterocycles. The molecule has 0 saturated heterocycles. The third kappa shape index (κ3) is 4.69. The molecule has 2 aromatic carbocycles. The summed E-state index contributed by atoms with van der Waals surface area (Å²) < 4.78 is 5.07. The SMILES string of the molecule is COCc1ccc(C(=O)Nc2ncc(Cc3ccc(C)c(Cl)c3)s2)cc1.